The summed E-state index contributed by atoms with van der Waals surface area (Å²) in [6.45, 7) is 0. The molecule has 0 saturated carbocycles. The number of nitro groups is 1. The highest BCUT2D eigenvalue weighted by Crippen LogP contribution is 2.17. The number of non-ortho nitro benzene ring substituents is 1. The van der Waals surface area contributed by atoms with Crippen molar-refractivity contribution in [2.45, 2.75) is 0 Å². The third kappa shape index (κ3) is 3.05. The Hall–Kier alpha value is -1.06. The van der Waals surface area contributed by atoms with Crippen molar-refractivity contribution in [2.75, 3.05) is 0 Å². The molecule has 0 atom stereocenters. The lowest BCUT2D eigenvalue weighted by atomic mass is 10.2. The smallest absolute Gasteiger partial charge is 0.258 e. The third-order valence-electron chi connectivity index (χ3n) is 1.38. The van der Waals surface area contributed by atoms with Crippen LogP contribution in [-0.2, 0) is 0 Å². The van der Waals surface area contributed by atoms with Gasteiger partial charge >= 0.3 is 0 Å². The molecule has 1 rings (SSSR count). The minimum absolute atomic E-state index is 0.0443. The van der Waals surface area contributed by atoms with E-state index in [1.54, 1.807) is 12.1 Å². The summed E-state index contributed by atoms with van der Waals surface area (Å²) in [5.74, 6) is 0. The predicted molar refractivity (Wildman–Crippen MR) is 52.8 cm³/mol. The molecule has 0 aromatic heterocycles. The van der Waals surface area contributed by atoms with E-state index in [0.717, 1.165) is 5.56 Å². The maximum Gasteiger partial charge on any atom is 0.269 e. The fraction of sp³-hybridized carbons (Fsp3) is 0. The third-order valence-corrected chi connectivity index (χ3v) is 1.60. The van der Waals surface area contributed by atoms with Gasteiger partial charge in [0, 0.05) is 12.1 Å². The Balaban J connectivity index is 2.94. The van der Waals surface area contributed by atoms with Gasteiger partial charge in [0.25, 0.3) is 5.69 Å². The zero-order valence-corrected chi connectivity index (χ0v) is 7.92. The van der Waals surface area contributed by atoms with Gasteiger partial charge in [0.1, 0.15) is 4.49 Å². The van der Waals surface area contributed by atoms with E-state index < -0.39 is 4.92 Å². The lowest BCUT2D eigenvalue weighted by Crippen LogP contribution is -1.86. The van der Waals surface area contributed by atoms with Crippen molar-refractivity contribution < 1.29 is 4.92 Å². The van der Waals surface area contributed by atoms with Gasteiger partial charge in [0.2, 0.25) is 0 Å². The summed E-state index contributed by atoms with van der Waals surface area (Å²) in [6, 6.07) is 5.93. The Kier molecular flexibility index (Phi) is 3.28. The first-order valence-electron chi connectivity index (χ1n) is 3.37. The molecule has 0 radical (unpaired) electrons. The van der Waals surface area contributed by atoms with Crippen molar-refractivity contribution in [3.05, 3.63) is 44.4 Å². The Morgan fingerprint density at radius 1 is 1.31 bits per heavy atom. The van der Waals surface area contributed by atoms with Crippen molar-refractivity contribution in [3.8, 4) is 0 Å². The number of benzene rings is 1. The van der Waals surface area contributed by atoms with Crippen molar-refractivity contribution in [2.24, 2.45) is 0 Å². The van der Waals surface area contributed by atoms with Crippen LogP contribution in [0.25, 0.3) is 6.08 Å². The molecule has 0 unspecified atom stereocenters. The summed E-state index contributed by atoms with van der Waals surface area (Å²) < 4.78 is 0.119. The van der Waals surface area contributed by atoms with Gasteiger partial charge in [0.15, 0.2) is 0 Å². The molecule has 0 fully saturated rings. The molecule has 68 valence electrons. The molecule has 0 spiro atoms. The summed E-state index contributed by atoms with van der Waals surface area (Å²) in [4.78, 5) is 9.81. The Morgan fingerprint density at radius 2 is 1.85 bits per heavy atom. The first kappa shape index (κ1) is 10.0. The number of hydrogen-bond acceptors (Lipinski definition) is 2. The molecule has 13 heavy (non-hydrogen) atoms. The van der Waals surface area contributed by atoms with Gasteiger partial charge in [-0.05, 0) is 23.8 Å². The zero-order valence-electron chi connectivity index (χ0n) is 6.41. The second kappa shape index (κ2) is 4.25. The average Bonchev–Trinajstić information content (AvgIpc) is 2.04. The van der Waals surface area contributed by atoms with E-state index in [4.69, 9.17) is 23.2 Å². The van der Waals surface area contributed by atoms with Crippen LogP contribution in [0.3, 0.4) is 0 Å². The van der Waals surface area contributed by atoms with E-state index >= 15 is 0 Å². The Morgan fingerprint density at radius 3 is 2.23 bits per heavy atom. The van der Waals surface area contributed by atoms with Gasteiger partial charge in [-0.1, -0.05) is 23.2 Å². The minimum atomic E-state index is -0.463. The summed E-state index contributed by atoms with van der Waals surface area (Å²) in [5, 5.41) is 10.3. The van der Waals surface area contributed by atoms with Crippen LogP contribution in [0, 0.1) is 10.1 Å². The van der Waals surface area contributed by atoms with Crippen molar-refractivity contribution in [1.82, 2.24) is 0 Å². The first-order valence-corrected chi connectivity index (χ1v) is 4.12. The summed E-state index contributed by atoms with van der Waals surface area (Å²) in [5.41, 5.74) is 0.772. The number of hydrogen-bond donors (Lipinski definition) is 0. The highest BCUT2D eigenvalue weighted by atomic mass is 35.5. The molecule has 0 amide bonds. The topological polar surface area (TPSA) is 43.1 Å². The molecule has 5 heteroatoms. The van der Waals surface area contributed by atoms with Gasteiger partial charge in [-0.25, -0.2) is 0 Å². The average molecular weight is 218 g/mol. The molecule has 0 bridgehead atoms. The van der Waals surface area contributed by atoms with Gasteiger partial charge < -0.3 is 0 Å². The van der Waals surface area contributed by atoms with E-state index in [-0.39, 0.29) is 10.2 Å². The Bertz CT molecular complexity index is 342. The summed E-state index contributed by atoms with van der Waals surface area (Å²) in [6.07, 6.45) is 1.51. The van der Waals surface area contributed by atoms with Crippen LogP contribution in [0.4, 0.5) is 5.69 Å². The lowest BCUT2D eigenvalue weighted by molar-refractivity contribution is -0.384. The fourth-order valence-electron chi connectivity index (χ4n) is 0.818. The zero-order chi connectivity index (χ0) is 9.84. The molecule has 1 aromatic rings. The monoisotopic (exact) mass is 217 g/mol. The van der Waals surface area contributed by atoms with Crippen LogP contribution in [-0.4, -0.2) is 4.92 Å². The summed E-state index contributed by atoms with van der Waals surface area (Å²) >= 11 is 10.8. The van der Waals surface area contributed by atoms with Gasteiger partial charge in [-0.2, -0.15) is 0 Å². The molecule has 0 N–H and O–H groups in total. The normalized spacial score (nSPS) is 9.38. The fourth-order valence-corrected chi connectivity index (χ4v) is 1.07. The molecule has 0 saturated heterocycles. The first-order chi connectivity index (χ1) is 6.09. The van der Waals surface area contributed by atoms with Crippen LogP contribution in [0.2, 0.25) is 0 Å². The van der Waals surface area contributed by atoms with Crippen molar-refractivity contribution >= 4 is 35.0 Å². The van der Waals surface area contributed by atoms with Crippen LogP contribution < -0.4 is 0 Å². The number of nitro benzene ring substituents is 1. The van der Waals surface area contributed by atoms with Crippen molar-refractivity contribution in [1.29, 1.82) is 0 Å². The molecule has 1 aromatic carbocycles. The van der Waals surface area contributed by atoms with E-state index in [0.29, 0.717) is 0 Å². The van der Waals surface area contributed by atoms with Crippen LogP contribution in [0.5, 0.6) is 0 Å². The van der Waals surface area contributed by atoms with E-state index in [9.17, 15) is 10.1 Å². The second-order valence-corrected chi connectivity index (χ2v) is 3.29. The predicted octanol–water partition coefficient (Wildman–Crippen LogP) is 3.37. The van der Waals surface area contributed by atoms with Gasteiger partial charge in [-0.15, -0.1) is 0 Å². The standard InChI is InChI=1S/C8H5Cl2NO2/c9-8(10)5-6-1-3-7(4-2-6)11(12)13/h1-5H. The van der Waals surface area contributed by atoms with Crippen LogP contribution in [0.15, 0.2) is 28.8 Å². The number of rotatable bonds is 2. The SMILES string of the molecule is O=[N+]([O-])c1ccc(C=C(Cl)Cl)cc1. The highest BCUT2D eigenvalue weighted by molar-refractivity contribution is 6.57. The molecule has 0 aliphatic heterocycles. The van der Waals surface area contributed by atoms with Gasteiger partial charge in [-0.3, -0.25) is 10.1 Å². The maximum absolute atomic E-state index is 10.3. The highest BCUT2D eigenvalue weighted by Gasteiger charge is 2.02. The summed E-state index contributed by atoms with van der Waals surface area (Å²) in [7, 11) is 0. The molecule has 0 heterocycles. The van der Waals surface area contributed by atoms with Crippen LogP contribution >= 0.6 is 23.2 Å². The maximum atomic E-state index is 10.3. The van der Waals surface area contributed by atoms with E-state index in [1.165, 1.54) is 18.2 Å². The molecule has 3 nitrogen and oxygen atoms in total. The second-order valence-electron chi connectivity index (χ2n) is 2.28. The molecular formula is C8H5Cl2NO2. The largest absolute Gasteiger partial charge is 0.269 e. The molecule has 0 aliphatic rings. The number of nitrogens with zero attached hydrogens (tertiary/aromatic N) is 1. The van der Waals surface area contributed by atoms with Crippen molar-refractivity contribution in [3.63, 3.8) is 0 Å². The lowest BCUT2D eigenvalue weighted by Gasteiger charge is -1.92. The Labute approximate surface area is 84.7 Å². The van der Waals surface area contributed by atoms with Gasteiger partial charge in [0.05, 0.1) is 4.92 Å². The molecule has 0 aliphatic carbocycles. The quantitative estimate of drug-likeness (QED) is 0.564. The minimum Gasteiger partial charge on any atom is -0.258 e. The number of halogens is 2. The van der Waals surface area contributed by atoms with Crippen LogP contribution in [0.1, 0.15) is 5.56 Å². The van der Waals surface area contributed by atoms with E-state index in [1.807, 2.05) is 0 Å². The van der Waals surface area contributed by atoms with E-state index in [2.05, 4.69) is 0 Å². The molecular weight excluding hydrogens is 213 g/mol.